The molecular formula is C26H36O4. The van der Waals surface area contributed by atoms with Gasteiger partial charge in [0, 0.05) is 25.2 Å². The Balaban J connectivity index is 1.37. The number of ether oxygens (including phenoxy) is 2. The van der Waals surface area contributed by atoms with Crippen LogP contribution in [0.25, 0.3) is 0 Å². The number of fused-ring (bicyclic) bond motifs is 4. The van der Waals surface area contributed by atoms with Crippen LogP contribution in [0.1, 0.15) is 78.6 Å². The van der Waals surface area contributed by atoms with Gasteiger partial charge in [0.2, 0.25) is 0 Å². The predicted octanol–water partition coefficient (Wildman–Crippen LogP) is 5.57. The third-order valence-corrected chi connectivity index (χ3v) is 9.81. The summed E-state index contributed by atoms with van der Waals surface area (Å²) in [7, 11) is 0. The van der Waals surface area contributed by atoms with Crippen LogP contribution in [-0.4, -0.2) is 18.0 Å². The summed E-state index contributed by atoms with van der Waals surface area (Å²) in [5.41, 5.74) is 0.574. The van der Waals surface area contributed by atoms with Gasteiger partial charge in [-0.1, -0.05) is 19.1 Å². The van der Waals surface area contributed by atoms with E-state index in [1.54, 1.807) is 0 Å². The van der Waals surface area contributed by atoms with Crippen LogP contribution in [0.3, 0.4) is 0 Å². The Morgan fingerprint density at radius 2 is 1.80 bits per heavy atom. The number of carbonyl (C=O) groups excluding carboxylic acids is 2. The molecule has 8 atom stereocenters. The van der Waals surface area contributed by atoms with Crippen molar-refractivity contribution < 1.29 is 19.1 Å². The van der Waals surface area contributed by atoms with Gasteiger partial charge in [-0.2, -0.15) is 0 Å². The highest BCUT2D eigenvalue weighted by Gasteiger charge is 2.62. The van der Waals surface area contributed by atoms with Gasteiger partial charge >= 0.3 is 11.9 Å². The molecule has 5 aliphatic rings. The number of hydrogen-bond acceptors (Lipinski definition) is 4. The van der Waals surface area contributed by atoms with E-state index >= 15 is 0 Å². The molecule has 30 heavy (non-hydrogen) atoms. The van der Waals surface area contributed by atoms with Gasteiger partial charge < -0.3 is 9.47 Å². The Labute approximate surface area is 180 Å². The molecule has 1 spiro atoms. The normalized spacial score (nSPS) is 46.6. The van der Waals surface area contributed by atoms with Gasteiger partial charge in [0.15, 0.2) is 0 Å². The van der Waals surface area contributed by atoms with Crippen molar-refractivity contribution in [2.24, 2.45) is 40.4 Å². The van der Waals surface area contributed by atoms with E-state index in [2.05, 4.69) is 19.1 Å². The van der Waals surface area contributed by atoms with Crippen LogP contribution < -0.4 is 0 Å². The average molecular weight is 413 g/mol. The fourth-order valence-corrected chi connectivity index (χ4v) is 8.73. The number of hydrogen-bond donors (Lipinski definition) is 0. The van der Waals surface area contributed by atoms with Gasteiger partial charge in [-0.05, 0) is 93.0 Å². The molecule has 0 aromatic carbocycles. The van der Waals surface area contributed by atoms with E-state index in [0.717, 1.165) is 36.9 Å². The second-order valence-corrected chi connectivity index (χ2v) is 11.0. The maximum atomic E-state index is 11.7. The van der Waals surface area contributed by atoms with Crippen LogP contribution in [0.5, 0.6) is 0 Å². The van der Waals surface area contributed by atoms with Crippen molar-refractivity contribution in [3.63, 3.8) is 0 Å². The molecule has 0 heterocycles. The van der Waals surface area contributed by atoms with Gasteiger partial charge in [0.05, 0.1) is 0 Å². The SMILES string of the molecule is CC(=O)OC1=CC=CC23CCC4C(CC[C@H]5C[C@H](OC(C)=O)CCC45C)C2CCC13. The van der Waals surface area contributed by atoms with Gasteiger partial charge in [-0.3, -0.25) is 9.59 Å². The molecule has 4 saturated carbocycles. The Hall–Kier alpha value is -1.58. The van der Waals surface area contributed by atoms with Crippen molar-refractivity contribution in [1.82, 2.24) is 0 Å². The lowest BCUT2D eigenvalue weighted by Gasteiger charge is -2.61. The van der Waals surface area contributed by atoms with E-state index in [-0.39, 0.29) is 23.5 Å². The van der Waals surface area contributed by atoms with Gasteiger partial charge in [-0.25, -0.2) is 0 Å². The molecule has 5 aliphatic carbocycles. The Bertz CT molecular complexity index is 797. The third-order valence-electron chi connectivity index (χ3n) is 9.81. The standard InChI is InChI=1S/C26H36O4/c1-16(27)29-19-10-13-25(3)18(15-19)6-7-20-21(25)11-14-26-12-4-5-24(30-17(2)28)23(26)9-8-22(20)26/h4-5,12,18-23H,6-11,13-15H2,1-3H3/t18-,19+,20?,21?,22?,23?,25?,26?/m0/s1. The summed E-state index contributed by atoms with van der Waals surface area (Å²) in [6.07, 6.45) is 17.5. The highest BCUT2D eigenvalue weighted by molar-refractivity contribution is 5.67. The third kappa shape index (κ3) is 3.00. The maximum Gasteiger partial charge on any atom is 0.307 e. The smallest absolute Gasteiger partial charge is 0.307 e. The zero-order valence-electron chi connectivity index (χ0n) is 18.7. The number of carbonyl (C=O) groups is 2. The van der Waals surface area contributed by atoms with Crippen molar-refractivity contribution in [2.45, 2.75) is 84.7 Å². The highest BCUT2D eigenvalue weighted by atomic mass is 16.5. The molecule has 5 rings (SSSR count). The Kier molecular flexibility index (Phi) is 4.91. The quantitative estimate of drug-likeness (QED) is 0.556. The highest BCUT2D eigenvalue weighted by Crippen LogP contribution is 2.69. The van der Waals surface area contributed by atoms with Gasteiger partial charge in [0.1, 0.15) is 11.9 Å². The van der Waals surface area contributed by atoms with E-state index in [1.165, 1.54) is 52.4 Å². The second-order valence-electron chi connectivity index (χ2n) is 11.0. The topological polar surface area (TPSA) is 52.6 Å². The largest absolute Gasteiger partial charge is 0.463 e. The van der Waals surface area contributed by atoms with Gasteiger partial charge in [-0.15, -0.1) is 0 Å². The molecule has 6 unspecified atom stereocenters. The Morgan fingerprint density at radius 3 is 2.57 bits per heavy atom. The fourth-order valence-electron chi connectivity index (χ4n) is 8.73. The summed E-state index contributed by atoms with van der Waals surface area (Å²) in [5.74, 6) is 3.91. The molecule has 4 heteroatoms. The summed E-state index contributed by atoms with van der Waals surface area (Å²) in [6.45, 7) is 5.60. The van der Waals surface area contributed by atoms with E-state index in [9.17, 15) is 9.59 Å². The summed E-state index contributed by atoms with van der Waals surface area (Å²) < 4.78 is 11.3. The van der Waals surface area contributed by atoms with E-state index in [0.29, 0.717) is 23.2 Å². The van der Waals surface area contributed by atoms with E-state index in [4.69, 9.17) is 9.47 Å². The van der Waals surface area contributed by atoms with Crippen molar-refractivity contribution >= 4 is 11.9 Å². The zero-order valence-corrected chi connectivity index (χ0v) is 18.7. The summed E-state index contributed by atoms with van der Waals surface area (Å²) in [4.78, 5) is 23.1. The van der Waals surface area contributed by atoms with Crippen LogP contribution in [-0.2, 0) is 19.1 Å². The minimum atomic E-state index is -0.193. The lowest BCUT2D eigenvalue weighted by Crippen LogP contribution is -2.54. The monoisotopic (exact) mass is 412 g/mol. The minimum Gasteiger partial charge on any atom is -0.463 e. The molecule has 0 amide bonds. The van der Waals surface area contributed by atoms with Crippen LogP contribution in [0.4, 0.5) is 0 Å². The number of rotatable bonds is 2. The molecular weight excluding hydrogens is 376 g/mol. The number of allylic oxidation sites excluding steroid dienone is 4. The van der Waals surface area contributed by atoms with Crippen LogP contribution in [0.15, 0.2) is 24.0 Å². The molecule has 0 radical (unpaired) electrons. The average Bonchev–Trinajstić information content (AvgIpc) is 3.08. The van der Waals surface area contributed by atoms with E-state index in [1.807, 2.05) is 6.08 Å². The molecule has 0 saturated heterocycles. The zero-order chi connectivity index (χ0) is 21.1. The lowest BCUT2D eigenvalue weighted by molar-refractivity contribution is -0.159. The molecule has 0 aliphatic heterocycles. The summed E-state index contributed by atoms with van der Waals surface area (Å²) in [5, 5.41) is 0. The molecule has 0 aromatic heterocycles. The maximum absolute atomic E-state index is 11.7. The molecule has 0 bridgehead atoms. The molecule has 164 valence electrons. The molecule has 0 N–H and O–H groups in total. The van der Waals surface area contributed by atoms with Crippen LogP contribution in [0.2, 0.25) is 0 Å². The molecule has 0 aromatic rings. The first kappa shape index (κ1) is 20.3. The van der Waals surface area contributed by atoms with Crippen molar-refractivity contribution in [3.05, 3.63) is 24.0 Å². The fraction of sp³-hybridized carbons (Fsp3) is 0.769. The first-order valence-corrected chi connectivity index (χ1v) is 12.1. The predicted molar refractivity (Wildman–Crippen MR) is 114 cm³/mol. The first-order valence-electron chi connectivity index (χ1n) is 12.1. The first-order chi connectivity index (χ1) is 14.3. The summed E-state index contributed by atoms with van der Waals surface area (Å²) in [6, 6.07) is 0. The van der Waals surface area contributed by atoms with Crippen molar-refractivity contribution in [2.75, 3.05) is 0 Å². The Morgan fingerprint density at radius 1 is 0.967 bits per heavy atom. The van der Waals surface area contributed by atoms with E-state index < -0.39 is 0 Å². The molecule has 4 fully saturated rings. The van der Waals surface area contributed by atoms with Crippen molar-refractivity contribution in [3.8, 4) is 0 Å². The van der Waals surface area contributed by atoms with Crippen LogP contribution >= 0.6 is 0 Å². The van der Waals surface area contributed by atoms with Crippen LogP contribution in [0, 0.1) is 40.4 Å². The lowest BCUT2D eigenvalue weighted by atomic mass is 9.44. The van der Waals surface area contributed by atoms with Crippen molar-refractivity contribution in [1.29, 1.82) is 0 Å². The van der Waals surface area contributed by atoms with Gasteiger partial charge in [0.25, 0.3) is 0 Å². The minimum absolute atomic E-state index is 0.126. The number of esters is 2. The molecule has 4 nitrogen and oxygen atoms in total. The second kappa shape index (κ2) is 7.24. The summed E-state index contributed by atoms with van der Waals surface area (Å²) >= 11 is 0.